The molecule has 0 aliphatic heterocycles. The molecule has 0 bridgehead atoms. The molecule has 3 N–H and O–H groups in total. The third kappa shape index (κ3) is 2.59. The van der Waals surface area contributed by atoms with Crippen LogP contribution in [0.5, 0.6) is 0 Å². The van der Waals surface area contributed by atoms with E-state index < -0.39 is 0 Å². The van der Waals surface area contributed by atoms with Crippen LogP contribution >= 0.6 is 22.9 Å². The highest BCUT2D eigenvalue weighted by Crippen LogP contribution is 2.26. The van der Waals surface area contributed by atoms with Crippen molar-refractivity contribution in [1.82, 2.24) is 15.2 Å². The number of thiophene rings is 1. The topological polar surface area (TPSA) is 55.9 Å². The monoisotopic (exact) mass is 284 g/mol. The molecule has 0 fully saturated rings. The third-order valence-electron chi connectivity index (χ3n) is 3.05. The Hall–Kier alpha value is -0.880. The molecule has 2 rings (SSSR count). The van der Waals surface area contributed by atoms with E-state index in [1.807, 2.05) is 17.1 Å². The smallest absolute Gasteiger partial charge is 0.0850 e. The van der Waals surface area contributed by atoms with E-state index in [2.05, 4.69) is 28.9 Å². The van der Waals surface area contributed by atoms with Gasteiger partial charge in [-0.2, -0.15) is 16.4 Å². The molecule has 1 atom stereocenters. The van der Waals surface area contributed by atoms with Gasteiger partial charge in [0, 0.05) is 13.5 Å². The van der Waals surface area contributed by atoms with E-state index in [9.17, 15) is 0 Å². The van der Waals surface area contributed by atoms with Crippen LogP contribution in [0.15, 0.2) is 16.8 Å². The molecule has 0 spiro atoms. The number of hydrogen-bond donors (Lipinski definition) is 2. The number of rotatable bonds is 5. The molecule has 2 aromatic rings. The first-order valence-electron chi connectivity index (χ1n) is 5.85. The Labute approximate surface area is 116 Å². The average Bonchev–Trinajstić information content (AvgIpc) is 2.97. The second-order valence-corrected chi connectivity index (χ2v) is 5.32. The van der Waals surface area contributed by atoms with E-state index in [4.69, 9.17) is 17.4 Å². The number of nitrogens with one attached hydrogen (secondary N) is 1. The zero-order chi connectivity index (χ0) is 13.1. The first-order chi connectivity index (χ1) is 8.67. The Morgan fingerprint density at radius 1 is 1.61 bits per heavy atom. The maximum atomic E-state index is 6.34. The molecule has 0 aliphatic carbocycles. The second-order valence-electron chi connectivity index (χ2n) is 4.16. The number of aromatic nitrogens is 2. The number of halogens is 1. The quantitative estimate of drug-likeness (QED) is 0.655. The van der Waals surface area contributed by atoms with Gasteiger partial charge in [0.25, 0.3) is 0 Å². The van der Waals surface area contributed by atoms with Crippen LogP contribution in [0, 0.1) is 0 Å². The highest BCUT2D eigenvalue weighted by Gasteiger charge is 2.18. The first kappa shape index (κ1) is 13.5. The molecule has 2 aromatic heterocycles. The lowest BCUT2D eigenvalue weighted by Gasteiger charge is -2.15. The summed E-state index contributed by atoms with van der Waals surface area (Å²) >= 11 is 8.00. The molecule has 2 heterocycles. The Balaban J connectivity index is 2.25. The van der Waals surface area contributed by atoms with Gasteiger partial charge in [0.1, 0.15) is 0 Å². The second kappa shape index (κ2) is 5.84. The lowest BCUT2D eigenvalue weighted by Crippen LogP contribution is -2.29. The summed E-state index contributed by atoms with van der Waals surface area (Å²) in [5.41, 5.74) is 5.98. The summed E-state index contributed by atoms with van der Waals surface area (Å²) in [4.78, 5) is 0. The van der Waals surface area contributed by atoms with Crippen molar-refractivity contribution in [3.8, 4) is 0 Å². The number of nitrogens with two attached hydrogens (primary N) is 1. The van der Waals surface area contributed by atoms with Crippen molar-refractivity contribution in [3.63, 3.8) is 0 Å². The largest absolute Gasteiger partial charge is 0.271 e. The minimum atomic E-state index is 0.0638. The maximum absolute atomic E-state index is 6.34. The summed E-state index contributed by atoms with van der Waals surface area (Å²) in [5.74, 6) is 5.63. The molecular formula is C12H17ClN4S. The minimum absolute atomic E-state index is 0.0638. The predicted octanol–water partition coefficient (Wildman–Crippen LogP) is 2.44. The number of hydrazine groups is 1. The van der Waals surface area contributed by atoms with Crippen LogP contribution in [0.3, 0.4) is 0 Å². The highest BCUT2D eigenvalue weighted by molar-refractivity contribution is 7.07. The van der Waals surface area contributed by atoms with Gasteiger partial charge in [-0.3, -0.25) is 16.0 Å². The third-order valence-corrected chi connectivity index (χ3v) is 4.18. The van der Waals surface area contributed by atoms with Gasteiger partial charge in [-0.25, -0.2) is 0 Å². The van der Waals surface area contributed by atoms with Crippen molar-refractivity contribution in [2.24, 2.45) is 12.9 Å². The Bertz CT molecular complexity index is 506. The molecule has 4 nitrogen and oxygen atoms in total. The zero-order valence-corrected chi connectivity index (χ0v) is 12.1. The van der Waals surface area contributed by atoms with Crippen LogP contribution in [0.2, 0.25) is 5.02 Å². The van der Waals surface area contributed by atoms with E-state index in [1.165, 1.54) is 5.56 Å². The Morgan fingerprint density at radius 3 is 2.89 bits per heavy atom. The summed E-state index contributed by atoms with van der Waals surface area (Å²) in [6.45, 7) is 2.05. The van der Waals surface area contributed by atoms with Crippen molar-refractivity contribution in [2.75, 3.05) is 0 Å². The zero-order valence-electron chi connectivity index (χ0n) is 10.5. The summed E-state index contributed by atoms with van der Waals surface area (Å²) < 4.78 is 1.85. The van der Waals surface area contributed by atoms with Crippen LogP contribution in [0.1, 0.15) is 29.9 Å². The van der Waals surface area contributed by atoms with E-state index in [0.29, 0.717) is 0 Å². The van der Waals surface area contributed by atoms with Gasteiger partial charge < -0.3 is 0 Å². The van der Waals surface area contributed by atoms with Gasteiger partial charge in [0.05, 0.1) is 22.5 Å². The van der Waals surface area contributed by atoms with Crippen molar-refractivity contribution in [1.29, 1.82) is 0 Å². The average molecular weight is 285 g/mol. The number of hydrogen-bond acceptors (Lipinski definition) is 4. The fourth-order valence-corrected chi connectivity index (χ4v) is 3.07. The fourth-order valence-electron chi connectivity index (χ4n) is 1.98. The molecule has 0 aliphatic rings. The van der Waals surface area contributed by atoms with E-state index >= 15 is 0 Å². The summed E-state index contributed by atoms with van der Waals surface area (Å²) in [7, 11) is 1.92. The van der Waals surface area contributed by atoms with Crippen molar-refractivity contribution in [3.05, 3.63) is 38.8 Å². The summed E-state index contributed by atoms with van der Waals surface area (Å²) in [5, 5.41) is 9.31. The summed E-state index contributed by atoms with van der Waals surface area (Å²) in [6, 6.07) is 2.13. The lowest BCUT2D eigenvalue weighted by atomic mass is 10.1. The van der Waals surface area contributed by atoms with Crippen molar-refractivity contribution >= 4 is 22.9 Å². The van der Waals surface area contributed by atoms with Gasteiger partial charge in [-0.15, -0.1) is 0 Å². The molecular weight excluding hydrogens is 268 g/mol. The molecule has 6 heteroatoms. The van der Waals surface area contributed by atoms with E-state index in [-0.39, 0.29) is 6.04 Å². The fraction of sp³-hybridized carbons (Fsp3) is 0.417. The van der Waals surface area contributed by atoms with Gasteiger partial charge in [0.2, 0.25) is 0 Å². The lowest BCUT2D eigenvalue weighted by molar-refractivity contribution is 0.531. The Kier molecular flexibility index (Phi) is 4.40. The molecule has 18 heavy (non-hydrogen) atoms. The van der Waals surface area contributed by atoms with Crippen LogP contribution in [0.25, 0.3) is 0 Å². The van der Waals surface area contributed by atoms with Crippen LogP contribution in [0.4, 0.5) is 0 Å². The van der Waals surface area contributed by atoms with Crippen LogP contribution in [-0.4, -0.2) is 9.78 Å². The molecule has 1 unspecified atom stereocenters. The maximum Gasteiger partial charge on any atom is 0.0850 e. The first-order valence-corrected chi connectivity index (χ1v) is 7.17. The summed E-state index contributed by atoms with van der Waals surface area (Å²) in [6.07, 6.45) is 1.57. The highest BCUT2D eigenvalue weighted by atomic mass is 35.5. The van der Waals surface area contributed by atoms with E-state index in [1.54, 1.807) is 11.3 Å². The molecule has 98 valence electrons. The normalized spacial score (nSPS) is 12.9. The van der Waals surface area contributed by atoms with Crippen LogP contribution in [-0.2, 0) is 19.9 Å². The molecule has 0 amide bonds. The Morgan fingerprint density at radius 2 is 2.39 bits per heavy atom. The molecule has 0 radical (unpaired) electrons. The standard InChI is InChI=1S/C12H17ClN4S/c1-3-9-12(13)11(17(2)16-9)6-10(15-14)8-4-5-18-7-8/h4-5,7,10,15H,3,6,14H2,1-2H3. The van der Waals surface area contributed by atoms with Crippen LogP contribution < -0.4 is 11.3 Å². The van der Waals surface area contributed by atoms with E-state index in [0.717, 1.165) is 29.3 Å². The van der Waals surface area contributed by atoms with Crippen molar-refractivity contribution in [2.45, 2.75) is 25.8 Å². The van der Waals surface area contributed by atoms with Gasteiger partial charge >= 0.3 is 0 Å². The SMILES string of the molecule is CCc1nn(C)c(CC(NN)c2ccsc2)c1Cl. The molecule has 0 saturated heterocycles. The molecule has 0 saturated carbocycles. The number of nitrogens with zero attached hydrogens (tertiary/aromatic N) is 2. The van der Waals surface area contributed by atoms with Gasteiger partial charge in [0.15, 0.2) is 0 Å². The number of aryl methyl sites for hydroxylation is 2. The molecule has 0 aromatic carbocycles. The van der Waals surface area contributed by atoms with Gasteiger partial charge in [-0.1, -0.05) is 18.5 Å². The van der Waals surface area contributed by atoms with Crippen molar-refractivity contribution < 1.29 is 0 Å². The van der Waals surface area contributed by atoms with Gasteiger partial charge in [-0.05, 0) is 28.8 Å². The predicted molar refractivity (Wildman–Crippen MR) is 75.7 cm³/mol. The minimum Gasteiger partial charge on any atom is -0.271 e.